The van der Waals surface area contributed by atoms with Crippen LogP contribution in [0, 0.1) is 5.82 Å². The van der Waals surface area contributed by atoms with Gasteiger partial charge in [0.2, 0.25) is 0 Å². The molecule has 0 aliphatic carbocycles. The summed E-state index contributed by atoms with van der Waals surface area (Å²) in [6.45, 7) is 0.765. The molecule has 0 saturated carbocycles. The molecule has 2 aromatic rings. The van der Waals surface area contributed by atoms with Crippen LogP contribution in [0.3, 0.4) is 0 Å². The number of esters is 1. The predicted molar refractivity (Wildman–Crippen MR) is 83.5 cm³/mol. The van der Waals surface area contributed by atoms with Crippen molar-refractivity contribution < 1.29 is 18.7 Å². The second-order valence-corrected chi connectivity index (χ2v) is 5.45. The smallest absolute Gasteiger partial charge is 0.323 e. The topological polar surface area (TPSA) is 47.6 Å². The lowest BCUT2D eigenvalue weighted by Gasteiger charge is -2.26. The molecule has 23 heavy (non-hydrogen) atoms. The van der Waals surface area contributed by atoms with Gasteiger partial charge in [0.25, 0.3) is 0 Å². The zero-order valence-electron chi connectivity index (χ0n) is 12.8. The van der Waals surface area contributed by atoms with E-state index in [0.29, 0.717) is 13.0 Å². The summed E-state index contributed by atoms with van der Waals surface area (Å²) in [6, 6.07) is 12.2. The van der Waals surface area contributed by atoms with Crippen molar-refractivity contribution >= 4 is 5.97 Å². The Morgan fingerprint density at radius 3 is 2.78 bits per heavy atom. The van der Waals surface area contributed by atoms with Gasteiger partial charge in [0.05, 0.1) is 7.11 Å². The molecule has 5 heteroatoms. The van der Waals surface area contributed by atoms with Crippen molar-refractivity contribution in [3.05, 3.63) is 65.0 Å². The summed E-state index contributed by atoms with van der Waals surface area (Å²) < 4.78 is 24.7. The third-order valence-electron chi connectivity index (χ3n) is 3.97. The van der Waals surface area contributed by atoms with Gasteiger partial charge in [0, 0.05) is 18.5 Å². The summed E-state index contributed by atoms with van der Waals surface area (Å²) >= 11 is 0. The van der Waals surface area contributed by atoms with E-state index in [1.54, 1.807) is 6.07 Å². The van der Waals surface area contributed by atoms with Gasteiger partial charge in [0.1, 0.15) is 12.6 Å². The fraction of sp³-hybridized carbons (Fsp3) is 0.278. The molecule has 0 radical (unpaired) electrons. The lowest BCUT2D eigenvalue weighted by atomic mass is 9.94. The molecule has 3 rings (SSSR count). The highest BCUT2D eigenvalue weighted by Gasteiger charge is 2.28. The van der Waals surface area contributed by atoms with Gasteiger partial charge in [-0.05, 0) is 17.2 Å². The van der Waals surface area contributed by atoms with Gasteiger partial charge in [-0.15, -0.1) is 0 Å². The van der Waals surface area contributed by atoms with E-state index in [-0.39, 0.29) is 18.3 Å². The van der Waals surface area contributed by atoms with Crippen molar-refractivity contribution in [1.82, 2.24) is 5.32 Å². The second-order valence-electron chi connectivity index (χ2n) is 5.45. The minimum absolute atomic E-state index is 0.224. The van der Waals surface area contributed by atoms with Crippen molar-refractivity contribution in [1.29, 1.82) is 0 Å². The van der Waals surface area contributed by atoms with Crippen LogP contribution in [-0.4, -0.2) is 19.1 Å². The largest absolute Gasteiger partial charge is 0.486 e. The molecule has 0 bridgehead atoms. The van der Waals surface area contributed by atoms with Gasteiger partial charge >= 0.3 is 5.97 Å². The molecular weight excluding hydrogens is 297 g/mol. The number of rotatable bonds is 4. The normalized spacial score (nSPS) is 16.5. The molecule has 2 aromatic carbocycles. The molecule has 1 heterocycles. The molecule has 0 saturated heterocycles. The summed E-state index contributed by atoms with van der Waals surface area (Å²) in [6.07, 6.45) is 0.351. The molecule has 0 aromatic heterocycles. The average molecular weight is 315 g/mol. The van der Waals surface area contributed by atoms with Crippen LogP contribution in [0.1, 0.15) is 16.7 Å². The number of methoxy groups -OCH3 is 1. The summed E-state index contributed by atoms with van der Waals surface area (Å²) in [5, 5.41) is 3.09. The molecule has 0 fully saturated rings. The van der Waals surface area contributed by atoms with Crippen LogP contribution in [0.4, 0.5) is 4.39 Å². The number of carbonyl (C=O) groups excluding carboxylic acids is 1. The van der Waals surface area contributed by atoms with Crippen LogP contribution < -0.4 is 10.1 Å². The highest BCUT2D eigenvalue weighted by molar-refractivity contribution is 5.76. The second kappa shape index (κ2) is 6.79. The highest BCUT2D eigenvalue weighted by Crippen LogP contribution is 2.31. The van der Waals surface area contributed by atoms with Gasteiger partial charge in [-0.3, -0.25) is 4.79 Å². The van der Waals surface area contributed by atoms with E-state index in [4.69, 9.17) is 9.47 Å². The molecular formula is C18H18FNO3. The molecule has 1 N–H and O–H groups in total. The first-order valence-corrected chi connectivity index (χ1v) is 7.47. The lowest BCUT2D eigenvalue weighted by Crippen LogP contribution is -2.42. The van der Waals surface area contributed by atoms with Gasteiger partial charge in [-0.2, -0.15) is 0 Å². The van der Waals surface area contributed by atoms with E-state index in [0.717, 1.165) is 16.7 Å². The van der Waals surface area contributed by atoms with Crippen LogP contribution in [0.5, 0.6) is 5.75 Å². The lowest BCUT2D eigenvalue weighted by molar-refractivity contribution is -0.143. The summed E-state index contributed by atoms with van der Waals surface area (Å²) in [5.74, 6) is -0.541. The SMILES string of the molecule is COC(=O)[C@@H]1Cc2c(ccc(F)c2OCc2ccccc2)CN1. The van der Waals surface area contributed by atoms with Crippen LogP contribution in [0.15, 0.2) is 42.5 Å². The van der Waals surface area contributed by atoms with Crippen molar-refractivity contribution in [2.24, 2.45) is 0 Å². The summed E-state index contributed by atoms with van der Waals surface area (Å²) in [5.41, 5.74) is 2.63. The Morgan fingerprint density at radius 2 is 2.04 bits per heavy atom. The van der Waals surface area contributed by atoms with Crippen molar-refractivity contribution in [2.45, 2.75) is 25.6 Å². The molecule has 0 amide bonds. The van der Waals surface area contributed by atoms with Crippen molar-refractivity contribution in [2.75, 3.05) is 7.11 Å². The number of hydrogen-bond acceptors (Lipinski definition) is 4. The number of halogens is 1. The maximum Gasteiger partial charge on any atom is 0.323 e. The molecule has 0 spiro atoms. The maximum absolute atomic E-state index is 14.2. The van der Waals surface area contributed by atoms with Gasteiger partial charge < -0.3 is 14.8 Å². The van der Waals surface area contributed by atoms with Crippen LogP contribution >= 0.6 is 0 Å². The third-order valence-corrected chi connectivity index (χ3v) is 3.97. The Morgan fingerprint density at radius 1 is 1.26 bits per heavy atom. The molecule has 4 nitrogen and oxygen atoms in total. The minimum atomic E-state index is -0.478. The third kappa shape index (κ3) is 3.35. The fourth-order valence-electron chi connectivity index (χ4n) is 2.73. The first kappa shape index (κ1) is 15.5. The number of carbonyl (C=O) groups is 1. The number of fused-ring (bicyclic) bond motifs is 1. The van der Waals surface area contributed by atoms with E-state index in [1.165, 1.54) is 13.2 Å². The van der Waals surface area contributed by atoms with E-state index >= 15 is 0 Å². The minimum Gasteiger partial charge on any atom is -0.486 e. The molecule has 120 valence electrons. The van der Waals surface area contributed by atoms with Gasteiger partial charge in [0.15, 0.2) is 11.6 Å². The quantitative estimate of drug-likeness (QED) is 0.881. The maximum atomic E-state index is 14.2. The van der Waals surface area contributed by atoms with Gasteiger partial charge in [-0.25, -0.2) is 4.39 Å². The first-order chi connectivity index (χ1) is 11.2. The Balaban J connectivity index is 1.84. The molecule has 1 aliphatic rings. The van der Waals surface area contributed by atoms with Crippen LogP contribution in [-0.2, 0) is 29.1 Å². The van der Waals surface area contributed by atoms with E-state index < -0.39 is 11.9 Å². The van der Waals surface area contributed by atoms with E-state index in [1.807, 2.05) is 30.3 Å². The molecule has 1 atom stereocenters. The van der Waals surface area contributed by atoms with E-state index in [9.17, 15) is 9.18 Å². The van der Waals surface area contributed by atoms with Gasteiger partial charge in [-0.1, -0.05) is 36.4 Å². The Kier molecular flexibility index (Phi) is 4.57. The fourth-order valence-corrected chi connectivity index (χ4v) is 2.73. The zero-order chi connectivity index (χ0) is 16.2. The first-order valence-electron chi connectivity index (χ1n) is 7.47. The Hall–Kier alpha value is -2.40. The van der Waals surface area contributed by atoms with Crippen molar-refractivity contribution in [3.63, 3.8) is 0 Å². The van der Waals surface area contributed by atoms with Crippen LogP contribution in [0.2, 0.25) is 0 Å². The van der Waals surface area contributed by atoms with E-state index in [2.05, 4.69) is 5.32 Å². The number of benzene rings is 2. The standard InChI is InChI=1S/C18H18FNO3/c1-22-18(21)16-9-14-13(10-20-16)7-8-15(19)17(14)23-11-12-5-3-2-4-6-12/h2-8,16,20H,9-11H2,1H3/t16-/m0/s1. The summed E-state index contributed by atoms with van der Waals surface area (Å²) in [7, 11) is 1.35. The molecule has 1 aliphatic heterocycles. The number of ether oxygens (including phenoxy) is 2. The number of hydrogen-bond donors (Lipinski definition) is 1. The summed E-state index contributed by atoms with van der Waals surface area (Å²) in [4.78, 5) is 11.7. The molecule has 0 unspecified atom stereocenters. The number of nitrogens with one attached hydrogen (secondary N) is 1. The Labute approximate surface area is 134 Å². The average Bonchev–Trinajstić information content (AvgIpc) is 2.60. The monoisotopic (exact) mass is 315 g/mol. The predicted octanol–water partition coefficient (Wildman–Crippen LogP) is 2.59. The highest BCUT2D eigenvalue weighted by atomic mass is 19.1. The zero-order valence-corrected chi connectivity index (χ0v) is 12.8. The van der Waals surface area contributed by atoms with Crippen LogP contribution in [0.25, 0.3) is 0 Å². The van der Waals surface area contributed by atoms with Crippen molar-refractivity contribution in [3.8, 4) is 5.75 Å². The Bertz CT molecular complexity index is 703.